The number of aromatic carboxylic acids is 2. The number of nitrogens with zero attached hydrogens (tertiary/aromatic N) is 1. The quantitative estimate of drug-likeness (QED) is 0.391. The van der Waals surface area contributed by atoms with Gasteiger partial charge in [0.1, 0.15) is 11.5 Å². The summed E-state index contributed by atoms with van der Waals surface area (Å²) in [6, 6.07) is 3.62. The second-order valence-corrected chi connectivity index (χ2v) is 9.71. The van der Waals surface area contributed by atoms with Crippen molar-refractivity contribution in [1.29, 1.82) is 0 Å². The van der Waals surface area contributed by atoms with E-state index in [9.17, 15) is 24.6 Å². The highest BCUT2D eigenvalue weighted by atomic mass is 16.4. The van der Waals surface area contributed by atoms with E-state index in [0.29, 0.717) is 17.5 Å². The Labute approximate surface area is 199 Å². The van der Waals surface area contributed by atoms with Crippen molar-refractivity contribution in [3.63, 3.8) is 0 Å². The van der Waals surface area contributed by atoms with Gasteiger partial charge in [0.15, 0.2) is 0 Å². The summed E-state index contributed by atoms with van der Waals surface area (Å²) < 4.78 is 0. The largest absolute Gasteiger partial charge is 0.478 e. The maximum atomic E-state index is 13.3. The second kappa shape index (κ2) is 10.8. The van der Waals surface area contributed by atoms with Crippen LogP contribution in [0.15, 0.2) is 18.2 Å². The molecule has 1 aromatic heterocycles. The molecule has 8 heteroatoms. The molecule has 0 bridgehead atoms. The highest BCUT2D eigenvalue weighted by Gasteiger charge is 2.26. The van der Waals surface area contributed by atoms with Gasteiger partial charge in [0.2, 0.25) is 0 Å². The van der Waals surface area contributed by atoms with Crippen LogP contribution in [-0.2, 0) is 6.42 Å². The number of amides is 1. The summed E-state index contributed by atoms with van der Waals surface area (Å²) in [5.41, 5.74) is 0.905. The van der Waals surface area contributed by atoms with E-state index in [1.165, 1.54) is 44.2 Å². The van der Waals surface area contributed by atoms with Crippen molar-refractivity contribution < 1.29 is 24.6 Å². The number of carbonyl (C=O) groups is 3. The third kappa shape index (κ3) is 5.85. The number of H-pyrrole nitrogens is 1. The van der Waals surface area contributed by atoms with E-state index in [-0.39, 0.29) is 16.8 Å². The topological polar surface area (TPSA) is 132 Å². The fourth-order valence-electron chi connectivity index (χ4n) is 5.33. The van der Waals surface area contributed by atoms with Crippen LogP contribution in [0.25, 0.3) is 0 Å². The minimum atomic E-state index is -1.26. The van der Waals surface area contributed by atoms with Gasteiger partial charge in [0, 0.05) is 17.3 Å². The van der Waals surface area contributed by atoms with E-state index in [2.05, 4.69) is 10.3 Å². The Morgan fingerprint density at radius 3 is 2.00 bits per heavy atom. The maximum Gasteiger partial charge on any atom is 0.335 e. The molecule has 0 saturated heterocycles. The molecule has 0 unspecified atom stereocenters. The number of benzene rings is 1. The monoisotopic (exact) mass is 467 g/mol. The van der Waals surface area contributed by atoms with Crippen molar-refractivity contribution in [2.45, 2.75) is 83.0 Å². The van der Waals surface area contributed by atoms with Crippen molar-refractivity contribution in [3.8, 4) is 0 Å². The zero-order valence-corrected chi connectivity index (χ0v) is 19.4. The summed E-state index contributed by atoms with van der Waals surface area (Å²) in [7, 11) is 0. The number of aromatic nitrogens is 2. The maximum absolute atomic E-state index is 13.3. The summed E-state index contributed by atoms with van der Waals surface area (Å²) in [4.78, 5) is 44.4. The second-order valence-electron chi connectivity index (χ2n) is 9.71. The zero-order chi connectivity index (χ0) is 24.1. The Bertz CT molecular complexity index is 1010. The van der Waals surface area contributed by atoms with Crippen LogP contribution in [0.5, 0.6) is 0 Å². The molecule has 2 aliphatic carbocycles. The fraction of sp³-hybridized carbons (Fsp3) is 0.538. The zero-order valence-electron chi connectivity index (χ0n) is 19.4. The third-order valence-electron chi connectivity index (χ3n) is 7.16. The minimum absolute atomic E-state index is 0.130. The summed E-state index contributed by atoms with van der Waals surface area (Å²) in [5, 5.41) is 21.4. The third-order valence-corrected chi connectivity index (χ3v) is 7.16. The van der Waals surface area contributed by atoms with Gasteiger partial charge >= 0.3 is 11.9 Å². The van der Waals surface area contributed by atoms with Gasteiger partial charge in [0.05, 0.1) is 11.1 Å². The Morgan fingerprint density at radius 2 is 1.41 bits per heavy atom. The van der Waals surface area contributed by atoms with Gasteiger partial charge in [-0.15, -0.1) is 0 Å². The highest BCUT2D eigenvalue weighted by Crippen LogP contribution is 2.33. The molecule has 2 aromatic rings. The first-order valence-corrected chi connectivity index (χ1v) is 12.4. The molecular formula is C26H33N3O5. The fourth-order valence-corrected chi connectivity index (χ4v) is 5.33. The number of aromatic amines is 1. The summed E-state index contributed by atoms with van der Waals surface area (Å²) in [6.07, 6.45) is 13.6. The molecule has 34 heavy (non-hydrogen) atoms. The van der Waals surface area contributed by atoms with Gasteiger partial charge in [0.25, 0.3) is 5.91 Å². The lowest BCUT2D eigenvalue weighted by Gasteiger charge is -2.19. The number of nitrogens with one attached hydrogen (secondary N) is 2. The Kier molecular flexibility index (Phi) is 7.65. The molecule has 8 nitrogen and oxygen atoms in total. The molecule has 1 aromatic carbocycles. The first-order chi connectivity index (χ1) is 16.4. The first-order valence-electron chi connectivity index (χ1n) is 12.4. The van der Waals surface area contributed by atoms with Crippen LogP contribution in [0.3, 0.4) is 0 Å². The van der Waals surface area contributed by atoms with E-state index in [4.69, 9.17) is 4.98 Å². The molecule has 1 amide bonds. The van der Waals surface area contributed by atoms with Crippen LogP contribution < -0.4 is 5.32 Å². The Morgan fingerprint density at radius 1 is 0.853 bits per heavy atom. The first kappa shape index (κ1) is 24.0. The van der Waals surface area contributed by atoms with E-state index in [1.807, 2.05) is 0 Å². The molecule has 0 spiro atoms. The summed E-state index contributed by atoms with van der Waals surface area (Å²) >= 11 is 0. The summed E-state index contributed by atoms with van der Waals surface area (Å²) in [6.45, 7) is 0. The molecule has 1 heterocycles. The van der Waals surface area contributed by atoms with Gasteiger partial charge < -0.3 is 20.5 Å². The Hall–Kier alpha value is -3.16. The molecule has 4 rings (SSSR count). The molecule has 0 aliphatic heterocycles. The number of carbonyl (C=O) groups excluding carboxylic acids is 1. The molecule has 2 fully saturated rings. The molecule has 2 aliphatic rings. The lowest BCUT2D eigenvalue weighted by Crippen LogP contribution is -2.17. The van der Waals surface area contributed by atoms with Crippen molar-refractivity contribution in [3.05, 3.63) is 46.5 Å². The number of carboxylic acids is 2. The number of imidazole rings is 1. The average molecular weight is 468 g/mol. The standard InChI is InChI=1S/C26H33N3O5/c30-24(27-20-14-18(25(31)32)13-19(15-20)26(33)34)22-21(12-16-8-4-1-2-5-9-16)28-23(29-22)17-10-6-3-7-11-17/h13-17H,1-12H2,(H,27,30)(H,28,29)(H,31,32)(H,33,34). The molecule has 0 radical (unpaired) electrons. The van der Waals surface area contributed by atoms with Crippen LogP contribution in [0.2, 0.25) is 0 Å². The van der Waals surface area contributed by atoms with E-state index < -0.39 is 17.8 Å². The highest BCUT2D eigenvalue weighted by molar-refractivity contribution is 6.05. The van der Waals surface area contributed by atoms with E-state index >= 15 is 0 Å². The normalized spacial score (nSPS) is 17.8. The number of hydrogen-bond acceptors (Lipinski definition) is 4. The molecule has 182 valence electrons. The number of anilines is 1. The van der Waals surface area contributed by atoms with Crippen molar-refractivity contribution in [2.75, 3.05) is 5.32 Å². The van der Waals surface area contributed by atoms with Crippen molar-refractivity contribution >= 4 is 23.5 Å². The predicted octanol–water partition coefficient (Wildman–Crippen LogP) is 5.62. The lowest BCUT2D eigenvalue weighted by atomic mass is 9.89. The number of hydrogen-bond donors (Lipinski definition) is 4. The SMILES string of the molecule is O=C(O)c1cc(NC(=O)c2nc(C3CCCCC3)[nH]c2CC2CCCCCC2)cc(C(=O)O)c1. The smallest absolute Gasteiger partial charge is 0.335 e. The van der Waals surface area contributed by atoms with Gasteiger partial charge in [-0.3, -0.25) is 4.79 Å². The number of rotatable bonds is 7. The summed E-state index contributed by atoms with van der Waals surface area (Å²) in [5.74, 6) is -1.28. The molecule has 0 atom stereocenters. The van der Waals surface area contributed by atoms with Crippen molar-refractivity contribution in [2.24, 2.45) is 5.92 Å². The molecule has 2 saturated carbocycles. The van der Waals surface area contributed by atoms with Crippen molar-refractivity contribution in [1.82, 2.24) is 9.97 Å². The van der Waals surface area contributed by atoms with Crippen LogP contribution in [0, 0.1) is 5.92 Å². The predicted molar refractivity (Wildman–Crippen MR) is 128 cm³/mol. The van der Waals surface area contributed by atoms with Gasteiger partial charge in [-0.05, 0) is 43.4 Å². The van der Waals surface area contributed by atoms with Crippen LogP contribution in [-0.4, -0.2) is 38.0 Å². The van der Waals surface area contributed by atoms with Crippen LogP contribution >= 0.6 is 0 Å². The molecule has 4 N–H and O–H groups in total. The van der Waals surface area contributed by atoms with Gasteiger partial charge in [-0.25, -0.2) is 14.6 Å². The Balaban J connectivity index is 1.62. The van der Waals surface area contributed by atoms with Gasteiger partial charge in [-0.2, -0.15) is 0 Å². The van der Waals surface area contributed by atoms with Crippen LogP contribution in [0.4, 0.5) is 5.69 Å². The van der Waals surface area contributed by atoms with Gasteiger partial charge in [-0.1, -0.05) is 57.8 Å². The average Bonchev–Trinajstić information content (AvgIpc) is 3.07. The van der Waals surface area contributed by atoms with Crippen LogP contribution in [0.1, 0.15) is 119 Å². The minimum Gasteiger partial charge on any atom is -0.478 e. The molecular weight excluding hydrogens is 434 g/mol. The van der Waals surface area contributed by atoms with E-state index in [0.717, 1.165) is 62.5 Å². The number of carboxylic acid groups (broad SMARTS) is 2. The van der Waals surface area contributed by atoms with E-state index in [1.54, 1.807) is 0 Å². The lowest BCUT2D eigenvalue weighted by molar-refractivity contribution is 0.0696.